The summed E-state index contributed by atoms with van der Waals surface area (Å²) >= 11 is 1.28. The number of thioether (sulfide) groups is 1. The molecule has 10 heteroatoms. The van der Waals surface area contributed by atoms with Gasteiger partial charge in [0.25, 0.3) is 5.69 Å². The third-order valence-electron chi connectivity index (χ3n) is 5.02. The Labute approximate surface area is 188 Å². The molecule has 0 fully saturated rings. The maximum absolute atomic E-state index is 12.5. The van der Waals surface area contributed by atoms with Crippen LogP contribution in [0.25, 0.3) is 11.3 Å². The number of hydrogen-bond donors (Lipinski definition) is 1. The van der Waals surface area contributed by atoms with Gasteiger partial charge in [0.2, 0.25) is 5.91 Å². The lowest BCUT2D eigenvalue weighted by Crippen LogP contribution is -2.16. The molecule has 0 bridgehead atoms. The Kier molecular flexibility index (Phi) is 6.31. The number of aryl methyl sites for hydroxylation is 1. The first-order valence-corrected chi connectivity index (χ1v) is 11.1. The molecular weight excluding hydrogens is 432 g/mol. The van der Waals surface area contributed by atoms with Gasteiger partial charge in [-0.15, -0.1) is 0 Å². The number of rotatable bonds is 7. The number of ether oxygens (including phenoxy) is 2. The molecule has 166 valence electrons. The van der Waals surface area contributed by atoms with Crippen LogP contribution in [0.2, 0.25) is 0 Å². The van der Waals surface area contributed by atoms with Crippen LogP contribution in [0.4, 0.5) is 11.4 Å². The monoisotopic (exact) mass is 454 g/mol. The lowest BCUT2D eigenvalue weighted by Gasteiger charge is -2.19. The Morgan fingerprint density at radius 3 is 2.78 bits per heavy atom. The highest BCUT2D eigenvalue weighted by Gasteiger charge is 2.20. The number of nitrogens with zero attached hydrogens (tertiary/aromatic N) is 3. The molecular formula is C22H22N4O5S. The highest BCUT2D eigenvalue weighted by Crippen LogP contribution is 2.36. The number of aromatic nitrogens is 2. The van der Waals surface area contributed by atoms with Crippen molar-refractivity contribution >= 4 is 29.0 Å². The molecule has 4 rings (SSSR count). The molecule has 3 aromatic rings. The van der Waals surface area contributed by atoms with Gasteiger partial charge in [-0.3, -0.25) is 14.9 Å². The van der Waals surface area contributed by atoms with Crippen molar-refractivity contribution in [3.63, 3.8) is 0 Å². The largest absolute Gasteiger partial charge is 0.486 e. The Morgan fingerprint density at radius 2 is 2.03 bits per heavy atom. The molecule has 1 amide bonds. The minimum absolute atomic E-state index is 0.0725. The van der Waals surface area contributed by atoms with Crippen LogP contribution in [-0.2, 0) is 11.3 Å². The van der Waals surface area contributed by atoms with Gasteiger partial charge < -0.3 is 19.4 Å². The molecule has 1 aliphatic rings. The van der Waals surface area contributed by atoms with Crippen molar-refractivity contribution in [3.8, 4) is 22.8 Å². The highest BCUT2D eigenvalue weighted by molar-refractivity contribution is 7.99. The van der Waals surface area contributed by atoms with Crippen LogP contribution < -0.4 is 14.8 Å². The molecule has 32 heavy (non-hydrogen) atoms. The molecule has 1 aliphatic heterocycles. The van der Waals surface area contributed by atoms with Crippen molar-refractivity contribution in [1.29, 1.82) is 0 Å². The second-order valence-electron chi connectivity index (χ2n) is 7.09. The third-order valence-corrected chi connectivity index (χ3v) is 6.01. The molecule has 0 aliphatic carbocycles. The van der Waals surface area contributed by atoms with E-state index in [4.69, 9.17) is 9.47 Å². The van der Waals surface area contributed by atoms with Crippen molar-refractivity contribution in [2.24, 2.45) is 0 Å². The molecule has 0 unspecified atom stereocenters. The number of para-hydroxylation sites is 1. The van der Waals surface area contributed by atoms with Crippen molar-refractivity contribution in [2.75, 3.05) is 24.3 Å². The normalized spacial score (nSPS) is 12.4. The van der Waals surface area contributed by atoms with Crippen LogP contribution in [0.5, 0.6) is 11.5 Å². The number of imidazole rings is 1. The lowest BCUT2D eigenvalue weighted by atomic mass is 10.1. The predicted octanol–water partition coefficient (Wildman–Crippen LogP) is 4.29. The standard InChI is InChI=1S/C22H22N4O5S/c1-3-25-17(15-7-8-18-19(11-15)31-10-9-30-18)12-23-22(25)32-13-20(27)24-21-14(2)5-4-6-16(21)26(28)29/h4-8,11-12H,3,9-10,13H2,1-2H3,(H,24,27). The van der Waals surface area contributed by atoms with Crippen LogP contribution >= 0.6 is 11.8 Å². The second kappa shape index (κ2) is 9.31. The first-order valence-electron chi connectivity index (χ1n) is 10.1. The lowest BCUT2D eigenvalue weighted by molar-refractivity contribution is -0.384. The summed E-state index contributed by atoms with van der Waals surface area (Å²) in [6, 6.07) is 10.4. The number of carbonyl (C=O) groups is 1. The SMILES string of the molecule is CCn1c(-c2ccc3c(c2)OCCO3)cnc1SCC(=O)Nc1c(C)cccc1[N+](=O)[O-]. The van der Waals surface area contributed by atoms with Gasteiger partial charge in [-0.1, -0.05) is 23.9 Å². The summed E-state index contributed by atoms with van der Waals surface area (Å²) in [5.74, 6) is 1.16. The number of nitro benzene ring substituents is 1. The van der Waals surface area contributed by atoms with Gasteiger partial charge in [0.05, 0.1) is 22.6 Å². The van der Waals surface area contributed by atoms with E-state index in [1.54, 1.807) is 25.3 Å². The number of amides is 1. The van der Waals surface area contributed by atoms with Crippen molar-refractivity contribution in [1.82, 2.24) is 9.55 Å². The van der Waals surface area contributed by atoms with Gasteiger partial charge in [0.15, 0.2) is 16.7 Å². The van der Waals surface area contributed by atoms with Crippen LogP contribution in [0, 0.1) is 17.0 Å². The van der Waals surface area contributed by atoms with Crippen LogP contribution in [0.15, 0.2) is 47.8 Å². The Hall–Kier alpha value is -3.53. The average molecular weight is 455 g/mol. The first-order chi connectivity index (χ1) is 15.5. The summed E-state index contributed by atoms with van der Waals surface area (Å²) in [6.07, 6.45) is 1.77. The van der Waals surface area contributed by atoms with E-state index in [-0.39, 0.29) is 23.0 Å². The molecule has 0 radical (unpaired) electrons. The summed E-state index contributed by atoms with van der Waals surface area (Å²) in [5.41, 5.74) is 2.57. The van der Waals surface area contributed by atoms with Gasteiger partial charge >= 0.3 is 0 Å². The van der Waals surface area contributed by atoms with E-state index < -0.39 is 4.92 Å². The number of nitrogens with one attached hydrogen (secondary N) is 1. The van der Waals surface area contributed by atoms with E-state index in [0.717, 1.165) is 17.0 Å². The maximum atomic E-state index is 12.5. The zero-order valence-corrected chi connectivity index (χ0v) is 18.5. The topological polar surface area (TPSA) is 109 Å². The second-order valence-corrected chi connectivity index (χ2v) is 8.03. The van der Waals surface area contributed by atoms with Gasteiger partial charge in [-0.05, 0) is 37.6 Å². The third kappa shape index (κ3) is 4.40. The minimum atomic E-state index is -0.501. The Balaban J connectivity index is 1.49. The smallest absolute Gasteiger partial charge is 0.293 e. The van der Waals surface area contributed by atoms with E-state index >= 15 is 0 Å². The Morgan fingerprint density at radius 1 is 1.25 bits per heavy atom. The number of benzene rings is 2. The zero-order valence-electron chi connectivity index (χ0n) is 17.7. The minimum Gasteiger partial charge on any atom is -0.486 e. The quantitative estimate of drug-likeness (QED) is 0.322. The van der Waals surface area contributed by atoms with Crippen LogP contribution in [0.1, 0.15) is 12.5 Å². The number of nitro groups is 1. The summed E-state index contributed by atoms with van der Waals surface area (Å²) in [7, 11) is 0. The fraction of sp³-hybridized carbons (Fsp3) is 0.273. The average Bonchev–Trinajstić information content (AvgIpc) is 3.21. The zero-order chi connectivity index (χ0) is 22.7. The molecule has 0 saturated carbocycles. The van der Waals surface area contributed by atoms with Gasteiger partial charge in [-0.25, -0.2) is 4.98 Å². The van der Waals surface area contributed by atoms with Crippen molar-refractivity contribution in [2.45, 2.75) is 25.5 Å². The van der Waals surface area contributed by atoms with E-state index in [1.807, 2.05) is 29.7 Å². The molecule has 2 aromatic carbocycles. The molecule has 0 saturated heterocycles. The van der Waals surface area contributed by atoms with Gasteiger partial charge in [-0.2, -0.15) is 0 Å². The first kappa shape index (κ1) is 21.7. The summed E-state index contributed by atoms with van der Waals surface area (Å²) in [5, 5.41) is 14.6. The van der Waals surface area contributed by atoms with Crippen LogP contribution in [-0.4, -0.2) is 39.3 Å². The molecule has 0 atom stereocenters. The fourth-order valence-electron chi connectivity index (χ4n) is 3.49. The molecule has 0 spiro atoms. The molecule has 9 nitrogen and oxygen atoms in total. The summed E-state index contributed by atoms with van der Waals surface area (Å²) < 4.78 is 13.3. The summed E-state index contributed by atoms with van der Waals surface area (Å²) in [4.78, 5) is 27.8. The van der Waals surface area contributed by atoms with E-state index in [9.17, 15) is 14.9 Å². The number of carbonyl (C=O) groups excluding carboxylic acids is 1. The van der Waals surface area contributed by atoms with Gasteiger partial charge in [0.1, 0.15) is 18.9 Å². The highest BCUT2D eigenvalue weighted by atomic mass is 32.2. The van der Waals surface area contributed by atoms with E-state index in [1.165, 1.54) is 17.8 Å². The molecule has 2 heterocycles. The van der Waals surface area contributed by atoms with Crippen molar-refractivity contribution < 1.29 is 19.2 Å². The van der Waals surface area contributed by atoms with Crippen molar-refractivity contribution in [3.05, 3.63) is 58.3 Å². The number of hydrogen-bond acceptors (Lipinski definition) is 7. The Bertz CT molecular complexity index is 1180. The summed E-state index contributed by atoms with van der Waals surface area (Å²) in [6.45, 7) is 5.44. The maximum Gasteiger partial charge on any atom is 0.293 e. The van der Waals surface area contributed by atoms with Crippen LogP contribution in [0.3, 0.4) is 0 Å². The number of fused-ring (bicyclic) bond motifs is 1. The predicted molar refractivity (Wildman–Crippen MR) is 122 cm³/mol. The van der Waals surface area contributed by atoms with E-state index in [2.05, 4.69) is 10.3 Å². The fourth-order valence-corrected chi connectivity index (χ4v) is 4.33. The van der Waals surface area contributed by atoms with Gasteiger partial charge in [0, 0.05) is 18.2 Å². The van der Waals surface area contributed by atoms with E-state index in [0.29, 0.717) is 36.2 Å². The molecule has 1 aromatic heterocycles. The molecule has 1 N–H and O–H groups in total. The number of anilines is 1.